The Bertz CT molecular complexity index is 262. The van der Waals surface area contributed by atoms with Gasteiger partial charge in [-0.1, -0.05) is 6.92 Å². The summed E-state index contributed by atoms with van der Waals surface area (Å²) in [6.07, 6.45) is 0.685. The lowest BCUT2D eigenvalue weighted by atomic mass is 10.0. The summed E-state index contributed by atoms with van der Waals surface area (Å²) in [7, 11) is 0. The smallest absolute Gasteiger partial charge is 0.252 e. The van der Waals surface area contributed by atoms with E-state index in [9.17, 15) is 4.79 Å². The standard InChI is InChI=1S/C11H18ClNO3/c1-8-2-4-16-10(8)11(14)13-3-5-15-9(6-12)7-13/h8-10H,2-7H2,1H3. The normalized spacial score (nSPS) is 35.4. The van der Waals surface area contributed by atoms with Crippen LogP contribution in [0, 0.1) is 5.92 Å². The van der Waals surface area contributed by atoms with Crippen molar-refractivity contribution in [2.75, 3.05) is 32.2 Å². The van der Waals surface area contributed by atoms with Crippen molar-refractivity contribution in [1.29, 1.82) is 0 Å². The van der Waals surface area contributed by atoms with E-state index >= 15 is 0 Å². The van der Waals surface area contributed by atoms with E-state index in [1.807, 2.05) is 4.90 Å². The second kappa shape index (κ2) is 5.34. The predicted octanol–water partition coefficient (Wildman–Crippen LogP) is 0.878. The number of amides is 1. The average Bonchev–Trinajstić information content (AvgIpc) is 2.74. The zero-order chi connectivity index (χ0) is 11.5. The molecule has 16 heavy (non-hydrogen) atoms. The summed E-state index contributed by atoms with van der Waals surface area (Å²) in [6.45, 7) is 4.58. The fourth-order valence-electron chi connectivity index (χ4n) is 2.20. The number of hydrogen-bond donors (Lipinski definition) is 0. The molecule has 3 unspecified atom stereocenters. The van der Waals surface area contributed by atoms with Crippen LogP contribution in [0.2, 0.25) is 0 Å². The van der Waals surface area contributed by atoms with Crippen LogP contribution in [-0.4, -0.2) is 55.2 Å². The summed E-state index contributed by atoms with van der Waals surface area (Å²) in [5, 5.41) is 0. The second-order valence-electron chi connectivity index (χ2n) is 4.49. The zero-order valence-electron chi connectivity index (χ0n) is 9.52. The Morgan fingerprint density at radius 2 is 2.25 bits per heavy atom. The van der Waals surface area contributed by atoms with Crippen molar-refractivity contribution < 1.29 is 14.3 Å². The van der Waals surface area contributed by atoms with E-state index in [0.29, 0.717) is 38.1 Å². The number of morpholine rings is 1. The van der Waals surface area contributed by atoms with E-state index in [2.05, 4.69) is 6.92 Å². The van der Waals surface area contributed by atoms with Gasteiger partial charge in [0, 0.05) is 19.7 Å². The molecule has 0 aromatic rings. The topological polar surface area (TPSA) is 38.8 Å². The van der Waals surface area contributed by atoms with Crippen molar-refractivity contribution in [2.45, 2.75) is 25.6 Å². The van der Waals surface area contributed by atoms with Crippen molar-refractivity contribution in [2.24, 2.45) is 5.92 Å². The molecule has 3 atom stereocenters. The first-order chi connectivity index (χ1) is 7.72. The van der Waals surface area contributed by atoms with Crippen LogP contribution in [0.25, 0.3) is 0 Å². The molecule has 0 radical (unpaired) electrons. The summed E-state index contributed by atoms with van der Waals surface area (Å²) in [5.74, 6) is 0.860. The van der Waals surface area contributed by atoms with Gasteiger partial charge in [0.1, 0.15) is 6.10 Å². The van der Waals surface area contributed by atoms with Gasteiger partial charge >= 0.3 is 0 Å². The molecule has 2 fully saturated rings. The minimum atomic E-state index is -0.255. The number of halogens is 1. The molecule has 0 aromatic carbocycles. The molecule has 2 heterocycles. The molecule has 2 aliphatic rings. The molecular weight excluding hydrogens is 230 g/mol. The van der Waals surface area contributed by atoms with Gasteiger partial charge in [-0.3, -0.25) is 4.79 Å². The Kier molecular flexibility index (Phi) is 4.05. The van der Waals surface area contributed by atoms with Crippen LogP contribution in [0.4, 0.5) is 0 Å². The highest BCUT2D eigenvalue weighted by atomic mass is 35.5. The molecule has 4 nitrogen and oxygen atoms in total. The largest absolute Gasteiger partial charge is 0.373 e. The summed E-state index contributed by atoms with van der Waals surface area (Å²) >= 11 is 5.74. The van der Waals surface area contributed by atoms with E-state index < -0.39 is 0 Å². The van der Waals surface area contributed by atoms with Crippen LogP contribution in [0.15, 0.2) is 0 Å². The first-order valence-corrected chi connectivity index (χ1v) is 6.33. The van der Waals surface area contributed by atoms with E-state index in [-0.39, 0.29) is 18.1 Å². The number of hydrogen-bond acceptors (Lipinski definition) is 3. The lowest BCUT2D eigenvalue weighted by molar-refractivity contribution is -0.149. The maximum Gasteiger partial charge on any atom is 0.252 e. The third-order valence-electron chi connectivity index (χ3n) is 3.25. The van der Waals surface area contributed by atoms with Gasteiger partial charge in [0.05, 0.1) is 18.6 Å². The van der Waals surface area contributed by atoms with Crippen LogP contribution >= 0.6 is 11.6 Å². The van der Waals surface area contributed by atoms with Gasteiger partial charge in [-0.25, -0.2) is 0 Å². The van der Waals surface area contributed by atoms with Gasteiger partial charge in [-0.2, -0.15) is 0 Å². The number of nitrogens with zero attached hydrogens (tertiary/aromatic N) is 1. The van der Waals surface area contributed by atoms with E-state index in [1.54, 1.807) is 0 Å². The Balaban J connectivity index is 1.93. The Morgan fingerprint density at radius 3 is 2.88 bits per heavy atom. The van der Waals surface area contributed by atoms with Gasteiger partial charge in [-0.05, 0) is 12.3 Å². The highest BCUT2D eigenvalue weighted by Gasteiger charge is 2.35. The van der Waals surface area contributed by atoms with E-state index in [4.69, 9.17) is 21.1 Å². The first kappa shape index (κ1) is 12.1. The fraction of sp³-hybridized carbons (Fsp3) is 0.909. The van der Waals surface area contributed by atoms with Crippen molar-refractivity contribution in [3.63, 3.8) is 0 Å². The summed E-state index contributed by atoms with van der Waals surface area (Å²) in [5.41, 5.74) is 0. The minimum Gasteiger partial charge on any atom is -0.373 e. The molecule has 2 aliphatic heterocycles. The van der Waals surface area contributed by atoms with Crippen molar-refractivity contribution in [3.05, 3.63) is 0 Å². The molecule has 5 heteroatoms. The van der Waals surface area contributed by atoms with Gasteiger partial charge in [0.25, 0.3) is 5.91 Å². The number of alkyl halides is 1. The molecule has 0 N–H and O–H groups in total. The summed E-state index contributed by atoms with van der Waals surface area (Å²) < 4.78 is 10.9. The average molecular weight is 248 g/mol. The maximum atomic E-state index is 12.2. The molecule has 2 rings (SSSR count). The number of rotatable bonds is 2. The van der Waals surface area contributed by atoms with Gasteiger partial charge in [-0.15, -0.1) is 11.6 Å². The SMILES string of the molecule is CC1CCOC1C(=O)N1CCOC(CCl)C1. The molecule has 2 saturated heterocycles. The fourth-order valence-corrected chi connectivity index (χ4v) is 2.39. The molecular formula is C11H18ClNO3. The van der Waals surface area contributed by atoms with Crippen molar-refractivity contribution in [3.8, 4) is 0 Å². The first-order valence-electron chi connectivity index (χ1n) is 5.80. The third-order valence-corrected chi connectivity index (χ3v) is 3.60. The van der Waals surface area contributed by atoms with E-state index in [0.717, 1.165) is 6.42 Å². The van der Waals surface area contributed by atoms with E-state index in [1.165, 1.54) is 0 Å². The van der Waals surface area contributed by atoms with Crippen LogP contribution in [0.1, 0.15) is 13.3 Å². The molecule has 1 amide bonds. The Morgan fingerprint density at radius 1 is 1.44 bits per heavy atom. The lowest BCUT2D eigenvalue weighted by Crippen LogP contribution is -2.50. The number of carbonyl (C=O) groups is 1. The third kappa shape index (κ3) is 2.50. The number of carbonyl (C=O) groups excluding carboxylic acids is 1. The molecule has 0 aliphatic carbocycles. The van der Waals surface area contributed by atoms with Crippen LogP contribution < -0.4 is 0 Å². The van der Waals surface area contributed by atoms with Crippen LogP contribution in [0.3, 0.4) is 0 Å². The Hall–Kier alpha value is -0.320. The van der Waals surface area contributed by atoms with Gasteiger partial charge in [0.2, 0.25) is 0 Å². The lowest BCUT2D eigenvalue weighted by Gasteiger charge is -2.34. The van der Waals surface area contributed by atoms with Gasteiger partial charge < -0.3 is 14.4 Å². The monoisotopic (exact) mass is 247 g/mol. The second-order valence-corrected chi connectivity index (χ2v) is 4.80. The number of ether oxygens (including phenoxy) is 2. The van der Waals surface area contributed by atoms with Crippen LogP contribution in [0.5, 0.6) is 0 Å². The zero-order valence-corrected chi connectivity index (χ0v) is 10.3. The molecule has 0 bridgehead atoms. The van der Waals surface area contributed by atoms with Crippen molar-refractivity contribution >= 4 is 17.5 Å². The molecule has 0 spiro atoms. The molecule has 92 valence electrons. The summed E-state index contributed by atoms with van der Waals surface area (Å²) in [6, 6.07) is 0. The predicted molar refractivity (Wildman–Crippen MR) is 60.6 cm³/mol. The summed E-state index contributed by atoms with van der Waals surface area (Å²) in [4.78, 5) is 14.0. The highest BCUT2D eigenvalue weighted by molar-refractivity contribution is 6.18. The van der Waals surface area contributed by atoms with Crippen molar-refractivity contribution in [1.82, 2.24) is 4.90 Å². The maximum absolute atomic E-state index is 12.2. The molecule has 0 saturated carbocycles. The minimum absolute atomic E-state index is 0.0314. The van der Waals surface area contributed by atoms with Gasteiger partial charge in [0.15, 0.2) is 0 Å². The highest BCUT2D eigenvalue weighted by Crippen LogP contribution is 2.22. The quantitative estimate of drug-likeness (QED) is 0.680. The van der Waals surface area contributed by atoms with Crippen LogP contribution in [-0.2, 0) is 14.3 Å². The Labute approximate surface area is 101 Å². The molecule has 0 aromatic heterocycles.